The fourth-order valence-corrected chi connectivity index (χ4v) is 2.96. The minimum absolute atomic E-state index is 0.0575. The number of hydrogen-bond donors (Lipinski definition) is 0. The zero-order valence-electron chi connectivity index (χ0n) is 8.50. The van der Waals surface area contributed by atoms with Crippen LogP contribution in [0.25, 0.3) is 0 Å². The molecule has 0 heterocycles. The standard InChI is InChI=1S/C10H9Cl2NO2S/c1-2-7-3-4-10(16(12,14)15)8(5-11)9(7)6-13/h3-4H,2,5H2,1H3. The summed E-state index contributed by atoms with van der Waals surface area (Å²) in [6, 6.07) is 4.95. The SMILES string of the molecule is CCc1ccc(S(=O)(=O)Cl)c(CCl)c1C#N. The maximum absolute atomic E-state index is 11.3. The molecule has 3 nitrogen and oxygen atoms in total. The van der Waals surface area contributed by atoms with Crippen molar-refractivity contribution in [2.24, 2.45) is 0 Å². The van der Waals surface area contributed by atoms with Gasteiger partial charge in [-0.15, -0.1) is 11.6 Å². The van der Waals surface area contributed by atoms with Crippen molar-refractivity contribution in [2.75, 3.05) is 0 Å². The lowest BCUT2D eigenvalue weighted by Crippen LogP contribution is -2.02. The van der Waals surface area contributed by atoms with Gasteiger partial charge >= 0.3 is 0 Å². The number of halogens is 2. The van der Waals surface area contributed by atoms with Gasteiger partial charge in [0.25, 0.3) is 9.05 Å². The van der Waals surface area contributed by atoms with Crippen molar-refractivity contribution in [3.05, 3.63) is 28.8 Å². The van der Waals surface area contributed by atoms with E-state index in [2.05, 4.69) is 0 Å². The lowest BCUT2D eigenvalue weighted by molar-refractivity contribution is 0.609. The Balaban J connectivity index is 3.65. The van der Waals surface area contributed by atoms with Gasteiger partial charge in [0, 0.05) is 16.2 Å². The summed E-state index contributed by atoms with van der Waals surface area (Å²) in [5.41, 5.74) is 1.35. The van der Waals surface area contributed by atoms with Gasteiger partial charge in [0.15, 0.2) is 0 Å². The Morgan fingerprint density at radius 2 is 2.06 bits per heavy atom. The first kappa shape index (κ1) is 13.3. The number of nitriles is 1. The van der Waals surface area contributed by atoms with E-state index in [1.165, 1.54) is 6.07 Å². The minimum atomic E-state index is -3.87. The van der Waals surface area contributed by atoms with Crippen LogP contribution in [0, 0.1) is 11.3 Å². The molecular formula is C10H9Cl2NO2S. The highest BCUT2D eigenvalue weighted by Crippen LogP contribution is 2.27. The molecule has 0 fully saturated rings. The number of alkyl halides is 1. The molecule has 0 bridgehead atoms. The highest BCUT2D eigenvalue weighted by molar-refractivity contribution is 8.13. The molecule has 0 N–H and O–H groups in total. The zero-order chi connectivity index (χ0) is 12.3. The molecule has 0 saturated heterocycles. The molecule has 0 aliphatic carbocycles. The quantitative estimate of drug-likeness (QED) is 0.631. The van der Waals surface area contributed by atoms with Crippen LogP contribution < -0.4 is 0 Å². The first-order valence-corrected chi connectivity index (χ1v) is 7.35. The Bertz CT molecular complexity index is 547. The van der Waals surface area contributed by atoms with Crippen molar-refractivity contribution in [3.8, 4) is 6.07 Å². The van der Waals surface area contributed by atoms with E-state index >= 15 is 0 Å². The van der Waals surface area contributed by atoms with Gasteiger partial charge in [-0.05, 0) is 18.1 Å². The van der Waals surface area contributed by atoms with Gasteiger partial charge in [0.1, 0.15) is 0 Å². The second-order valence-electron chi connectivity index (χ2n) is 3.11. The van der Waals surface area contributed by atoms with Gasteiger partial charge in [0.05, 0.1) is 22.4 Å². The molecule has 0 radical (unpaired) electrons. The maximum atomic E-state index is 11.3. The molecule has 0 amide bonds. The fourth-order valence-electron chi connectivity index (χ4n) is 1.47. The van der Waals surface area contributed by atoms with Crippen LogP contribution in [0.1, 0.15) is 23.6 Å². The minimum Gasteiger partial charge on any atom is -0.207 e. The zero-order valence-corrected chi connectivity index (χ0v) is 10.8. The largest absolute Gasteiger partial charge is 0.261 e. The Hall–Kier alpha value is -0.760. The van der Waals surface area contributed by atoms with Gasteiger partial charge in [-0.3, -0.25) is 0 Å². The molecule has 1 aromatic carbocycles. The lowest BCUT2D eigenvalue weighted by Gasteiger charge is -2.09. The topological polar surface area (TPSA) is 57.9 Å². The molecule has 0 atom stereocenters. The molecule has 86 valence electrons. The number of aryl methyl sites for hydroxylation is 1. The average Bonchev–Trinajstić information content (AvgIpc) is 2.25. The van der Waals surface area contributed by atoms with E-state index < -0.39 is 9.05 Å². The normalized spacial score (nSPS) is 11.1. The molecule has 6 heteroatoms. The van der Waals surface area contributed by atoms with Gasteiger partial charge in [-0.2, -0.15) is 5.26 Å². The molecule has 0 aliphatic rings. The van der Waals surface area contributed by atoms with Crippen LogP contribution in [0.3, 0.4) is 0 Å². The molecule has 1 rings (SSSR count). The predicted molar refractivity (Wildman–Crippen MR) is 63.1 cm³/mol. The first-order valence-electron chi connectivity index (χ1n) is 4.51. The van der Waals surface area contributed by atoms with Crippen LogP contribution in [0.4, 0.5) is 0 Å². The number of nitrogens with zero attached hydrogens (tertiary/aromatic N) is 1. The molecule has 16 heavy (non-hydrogen) atoms. The summed E-state index contributed by atoms with van der Waals surface area (Å²) in [7, 11) is 1.40. The van der Waals surface area contributed by atoms with E-state index in [1.807, 2.05) is 13.0 Å². The van der Waals surface area contributed by atoms with Gasteiger partial charge in [-0.25, -0.2) is 8.42 Å². The highest BCUT2D eigenvalue weighted by Gasteiger charge is 2.19. The van der Waals surface area contributed by atoms with Crippen molar-refractivity contribution in [1.29, 1.82) is 5.26 Å². The summed E-state index contributed by atoms with van der Waals surface area (Å²) < 4.78 is 22.6. The molecule has 1 aromatic rings. The van der Waals surface area contributed by atoms with E-state index in [-0.39, 0.29) is 16.3 Å². The van der Waals surface area contributed by atoms with E-state index in [0.29, 0.717) is 12.0 Å². The monoisotopic (exact) mass is 277 g/mol. The third kappa shape index (κ3) is 2.49. The summed E-state index contributed by atoms with van der Waals surface area (Å²) in [6.07, 6.45) is 0.634. The van der Waals surface area contributed by atoms with Crippen molar-refractivity contribution < 1.29 is 8.42 Å². The van der Waals surface area contributed by atoms with E-state index in [1.54, 1.807) is 6.07 Å². The number of rotatable bonds is 3. The van der Waals surface area contributed by atoms with Crippen molar-refractivity contribution in [3.63, 3.8) is 0 Å². The van der Waals surface area contributed by atoms with Crippen LogP contribution in [0.2, 0.25) is 0 Å². The maximum Gasteiger partial charge on any atom is 0.261 e. The molecule has 0 aromatic heterocycles. The molecule has 0 aliphatic heterocycles. The highest BCUT2D eigenvalue weighted by atomic mass is 35.7. The van der Waals surface area contributed by atoms with E-state index in [0.717, 1.165) is 5.56 Å². The molecule has 0 spiro atoms. The van der Waals surface area contributed by atoms with Crippen LogP contribution in [-0.4, -0.2) is 8.42 Å². The lowest BCUT2D eigenvalue weighted by atomic mass is 10.0. The second-order valence-corrected chi connectivity index (χ2v) is 5.91. The third-order valence-electron chi connectivity index (χ3n) is 2.25. The molecule has 0 unspecified atom stereocenters. The van der Waals surface area contributed by atoms with Crippen molar-refractivity contribution in [1.82, 2.24) is 0 Å². The van der Waals surface area contributed by atoms with E-state index in [4.69, 9.17) is 27.5 Å². The summed E-state index contributed by atoms with van der Waals surface area (Å²) in [4.78, 5) is -0.0853. The van der Waals surface area contributed by atoms with Gasteiger partial charge in [-0.1, -0.05) is 13.0 Å². The molecule has 0 saturated carbocycles. The fraction of sp³-hybridized carbons (Fsp3) is 0.300. The summed E-state index contributed by atoms with van der Waals surface area (Å²) in [5, 5.41) is 9.01. The average molecular weight is 278 g/mol. The Morgan fingerprint density at radius 3 is 2.44 bits per heavy atom. The van der Waals surface area contributed by atoms with Crippen LogP contribution in [-0.2, 0) is 21.4 Å². The van der Waals surface area contributed by atoms with Crippen LogP contribution in [0.15, 0.2) is 17.0 Å². The summed E-state index contributed by atoms with van der Waals surface area (Å²) >= 11 is 5.68. The number of benzene rings is 1. The first-order chi connectivity index (χ1) is 7.45. The van der Waals surface area contributed by atoms with Gasteiger partial charge in [0.2, 0.25) is 0 Å². The van der Waals surface area contributed by atoms with Crippen LogP contribution in [0.5, 0.6) is 0 Å². The summed E-state index contributed by atoms with van der Waals surface area (Å²) in [5.74, 6) is -0.0575. The summed E-state index contributed by atoms with van der Waals surface area (Å²) in [6.45, 7) is 1.88. The number of hydrogen-bond acceptors (Lipinski definition) is 3. The van der Waals surface area contributed by atoms with Gasteiger partial charge < -0.3 is 0 Å². The third-order valence-corrected chi connectivity index (χ3v) is 3.92. The van der Waals surface area contributed by atoms with E-state index in [9.17, 15) is 8.42 Å². The Kier molecular flexibility index (Phi) is 4.20. The van der Waals surface area contributed by atoms with Crippen molar-refractivity contribution >= 4 is 31.3 Å². The Morgan fingerprint density at radius 1 is 1.44 bits per heavy atom. The van der Waals surface area contributed by atoms with Crippen molar-refractivity contribution in [2.45, 2.75) is 24.1 Å². The smallest absolute Gasteiger partial charge is 0.207 e. The van der Waals surface area contributed by atoms with Crippen LogP contribution >= 0.6 is 22.3 Å². The Labute approximate surface area is 104 Å². The predicted octanol–water partition coefficient (Wildman–Crippen LogP) is 2.79. The second kappa shape index (κ2) is 5.05. The molecular weight excluding hydrogens is 269 g/mol.